The molecule has 3 heterocycles. The summed E-state index contributed by atoms with van der Waals surface area (Å²) in [7, 11) is 0. The van der Waals surface area contributed by atoms with Gasteiger partial charge < -0.3 is 9.47 Å². The molecule has 0 bridgehead atoms. The number of hydrogen-bond acceptors (Lipinski definition) is 5. The van der Waals surface area contributed by atoms with Crippen molar-refractivity contribution in [1.29, 1.82) is 0 Å². The van der Waals surface area contributed by atoms with Gasteiger partial charge in [0.05, 0.1) is 22.8 Å². The lowest BCUT2D eigenvalue weighted by molar-refractivity contribution is 0.0765. The van der Waals surface area contributed by atoms with Crippen molar-refractivity contribution < 1.29 is 4.79 Å². The molecule has 1 aromatic carbocycles. The Morgan fingerprint density at radius 1 is 1.18 bits per heavy atom. The standard InChI is InChI=1S/C20H18ClN5O2/c1-12-10-23-17(11-22-12)20(28)25-7-5-15(6-8-25)26-13(2)24-19(27)16-9-14(21)3-4-18(16)26/h3-5,9-11H,6-8H2,1-2H3. The molecule has 0 N–H and O–H groups in total. The van der Waals surface area contributed by atoms with Crippen LogP contribution in [0.3, 0.4) is 0 Å². The molecule has 0 saturated carbocycles. The van der Waals surface area contributed by atoms with Crippen LogP contribution in [0.2, 0.25) is 5.02 Å². The number of nitrogens with zero attached hydrogens (tertiary/aromatic N) is 5. The van der Waals surface area contributed by atoms with Gasteiger partial charge in [-0.25, -0.2) is 4.98 Å². The van der Waals surface area contributed by atoms with E-state index in [-0.39, 0.29) is 11.5 Å². The van der Waals surface area contributed by atoms with E-state index >= 15 is 0 Å². The SMILES string of the molecule is Cc1cnc(C(=O)N2CC=C(n3c(C)nc(=O)c4cc(Cl)ccc43)CC2)cn1. The third kappa shape index (κ3) is 3.29. The third-order valence-corrected chi connectivity index (χ3v) is 5.01. The Balaban J connectivity index is 1.66. The Morgan fingerprint density at radius 3 is 2.68 bits per heavy atom. The monoisotopic (exact) mass is 395 g/mol. The molecule has 0 aliphatic carbocycles. The molecule has 4 rings (SSSR count). The second-order valence-corrected chi connectivity index (χ2v) is 7.14. The Morgan fingerprint density at radius 2 is 2.00 bits per heavy atom. The molecule has 0 radical (unpaired) electrons. The summed E-state index contributed by atoms with van der Waals surface area (Å²) in [5.74, 6) is 0.462. The van der Waals surface area contributed by atoms with E-state index in [0.29, 0.717) is 41.4 Å². The average molecular weight is 396 g/mol. The topological polar surface area (TPSA) is 81.0 Å². The van der Waals surface area contributed by atoms with E-state index in [1.807, 2.05) is 23.6 Å². The molecule has 0 atom stereocenters. The first-order valence-corrected chi connectivity index (χ1v) is 9.28. The van der Waals surface area contributed by atoms with Crippen LogP contribution in [-0.4, -0.2) is 43.4 Å². The molecule has 0 saturated heterocycles. The lowest BCUT2D eigenvalue weighted by Crippen LogP contribution is -2.36. The summed E-state index contributed by atoms with van der Waals surface area (Å²) in [6, 6.07) is 5.22. The number of halogens is 1. The summed E-state index contributed by atoms with van der Waals surface area (Å²) in [4.78, 5) is 39.0. The molecule has 8 heteroatoms. The highest BCUT2D eigenvalue weighted by molar-refractivity contribution is 6.31. The highest BCUT2D eigenvalue weighted by Crippen LogP contribution is 2.24. The number of carbonyl (C=O) groups is 1. The van der Waals surface area contributed by atoms with Gasteiger partial charge in [-0.15, -0.1) is 0 Å². The highest BCUT2D eigenvalue weighted by atomic mass is 35.5. The normalized spacial score (nSPS) is 14.2. The van der Waals surface area contributed by atoms with E-state index in [2.05, 4.69) is 15.0 Å². The second-order valence-electron chi connectivity index (χ2n) is 6.70. The molecular weight excluding hydrogens is 378 g/mol. The summed E-state index contributed by atoms with van der Waals surface area (Å²) in [5, 5.41) is 0.975. The van der Waals surface area contributed by atoms with E-state index in [1.165, 1.54) is 6.20 Å². The first-order chi connectivity index (χ1) is 13.4. The van der Waals surface area contributed by atoms with Gasteiger partial charge >= 0.3 is 0 Å². The van der Waals surface area contributed by atoms with Crippen LogP contribution in [0.25, 0.3) is 16.6 Å². The molecule has 0 spiro atoms. The number of rotatable bonds is 2. The number of carbonyl (C=O) groups excluding carboxylic acids is 1. The van der Waals surface area contributed by atoms with Gasteiger partial charge in [0.2, 0.25) is 0 Å². The minimum atomic E-state index is -0.294. The maximum Gasteiger partial charge on any atom is 0.280 e. The van der Waals surface area contributed by atoms with Gasteiger partial charge in [0, 0.05) is 36.4 Å². The van der Waals surface area contributed by atoms with Gasteiger partial charge in [0.15, 0.2) is 0 Å². The molecule has 0 unspecified atom stereocenters. The third-order valence-electron chi connectivity index (χ3n) is 4.78. The van der Waals surface area contributed by atoms with Crippen molar-refractivity contribution in [2.24, 2.45) is 0 Å². The van der Waals surface area contributed by atoms with Gasteiger partial charge in [-0.1, -0.05) is 11.6 Å². The van der Waals surface area contributed by atoms with Crippen LogP contribution in [0.15, 0.2) is 41.5 Å². The highest BCUT2D eigenvalue weighted by Gasteiger charge is 2.22. The van der Waals surface area contributed by atoms with Crippen LogP contribution >= 0.6 is 11.6 Å². The quantitative estimate of drug-likeness (QED) is 0.666. The lowest BCUT2D eigenvalue weighted by Gasteiger charge is -2.28. The molecule has 0 fully saturated rings. The number of fused-ring (bicyclic) bond motifs is 1. The fraction of sp³-hybridized carbons (Fsp3) is 0.250. The summed E-state index contributed by atoms with van der Waals surface area (Å²) >= 11 is 6.04. The van der Waals surface area contributed by atoms with Gasteiger partial charge in [0.1, 0.15) is 11.5 Å². The number of amides is 1. The molecule has 3 aromatic rings. The van der Waals surface area contributed by atoms with Crippen molar-refractivity contribution in [2.45, 2.75) is 20.3 Å². The Hall–Kier alpha value is -3.06. The molecule has 2 aromatic heterocycles. The van der Waals surface area contributed by atoms with E-state index in [9.17, 15) is 9.59 Å². The zero-order valence-corrected chi connectivity index (χ0v) is 16.3. The van der Waals surface area contributed by atoms with Crippen molar-refractivity contribution in [1.82, 2.24) is 24.4 Å². The van der Waals surface area contributed by atoms with E-state index < -0.39 is 0 Å². The molecule has 1 aliphatic rings. The smallest absolute Gasteiger partial charge is 0.280 e. The van der Waals surface area contributed by atoms with Crippen LogP contribution in [0.4, 0.5) is 0 Å². The zero-order valence-electron chi connectivity index (χ0n) is 15.5. The average Bonchev–Trinajstić information content (AvgIpc) is 2.69. The lowest BCUT2D eigenvalue weighted by atomic mass is 10.1. The largest absolute Gasteiger partial charge is 0.333 e. The number of hydrogen-bond donors (Lipinski definition) is 0. The van der Waals surface area contributed by atoms with Crippen molar-refractivity contribution in [3.63, 3.8) is 0 Å². The van der Waals surface area contributed by atoms with Crippen LogP contribution in [0.1, 0.15) is 28.4 Å². The summed E-state index contributed by atoms with van der Waals surface area (Å²) < 4.78 is 1.96. The fourth-order valence-corrected chi connectivity index (χ4v) is 3.55. The predicted octanol–water partition coefficient (Wildman–Crippen LogP) is 2.84. The van der Waals surface area contributed by atoms with Crippen LogP contribution in [0.5, 0.6) is 0 Å². The van der Waals surface area contributed by atoms with Gasteiger partial charge in [-0.05, 0) is 38.1 Å². The number of aryl methyl sites for hydroxylation is 2. The van der Waals surface area contributed by atoms with E-state index in [4.69, 9.17) is 11.6 Å². The molecule has 142 valence electrons. The Kier molecular flexibility index (Phi) is 4.68. The molecular formula is C20H18ClN5O2. The van der Waals surface area contributed by atoms with Gasteiger partial charge in [-0.2, -0.15) is 4.98 Å². The summed E-state index contributed by atoms with van der Waals surface area (Å²) in [6.07, 6.45) is 5.71. The zero-order chi connectivity index (χ0) is 19.8. The predicted molar refractivity (Wildman–Crippen MR) is 107 cm³/mol. The van der Waals surface area contributed by atoms with E-state index in [1.54, 1.807) is 30.2 Å². The molecule has 1 aliphatic heterocycles. The van der Waals surface area contributed by atoms with Crippen LogP contribution < -0.4 is 5.56 Å². The maximum atomic E-state index is 12.6. The molecule has 7 nitrogen and oxygen atoms in total. The molecule has 1 amide bonds. The first-order valence-electron chi connectivity index (χ1n) is 8.90. The fourth-order valence-electron chi connectivity index (χ4n) is 3.38. The summed E-state index contributed by atoms with van der Waals surface area (Å²) in [6.45, 7) is 4.62. The Labute approximate surface area is 166 Å². The van der Waals surface area contributed by atoms with Crippen molar-refractivity contribution in [3.8, 4) is 0 Å². The Bertz CT molecular complexity index is 1170. The summed E-state index contributed by atoms with van der Waals surface area (Å²) in [5.41, 5.74) is 2.57. The molecule has 28 heavy (non-hydrogen) atoms. The van der Waals surface area contributed by atoms with Crippen LogP contribution in [0, 0.1) is 13.8 Å². The van der Waals surface area contributed by atoms with Gasteiger partial charge in [0.25, 0.3) is 11.5 Å². The number of benzene rings is 1. The van der Waals surface area contributed by atoms with E-state index in [0.717, 1.165) is 16.9 Å². The minimum Gasteiger partial charge on any atom is -0.333 e. The van der Waals surface area contributed by atoms with Crippen LogP contribution in [-0.2, 0) is 0 Å². The van der Waals surface area contributed by atoms with Crippen molar-refractivity contribution in [2.75, 3.05) is 13.1 Å². The second kappa shape index (κ2) is 7.16. The van der Waals surface area contributed by atoms with Crippen molar-refractivity contribution >= 4 is 34.1 Å². The first kappa shape index (κ1) is 18.3. The van der Waals surface area contributed by atoms with Crippen molar-refractivity contribution in [3.05, 3.63) is 69.3 Å². The maximum absolute atomic E-state index is 12.6. The number of aromatic nitrogens is 4. The van der Waals surface area contributed by atoms with Gasteiger partial charge in [-0.3, -0.25) is 14.6 Å². The minimum absolute atomic E-state index is 0.144.